The topological polar surface area (TPSA) is 70.5 Å². The number of aryl methyl sites for hydroxylation is 4. The third-order valence-electron chi connectivity index (χ3n) is 6.19. The Labute approximate surface area is 190 Å². The summed E-state index contributed by atoms with van der Waals surface area (Å²) in [5.41, 5.74) is 8.47. The fraction of sp³-hybridized carbons (Fsp3) is 0.417. The number of carbonyl (C=O) groups is 1. The number of pyridine rings is 1. The molecule has 6 nitrogen and oxygen atoms in total. The number of fused-ring (bicyclic) bond motifs is 1. The van der Waals surface area contributed by atoms with Gasteiger partial charge in [-0.1, -0.05) is 24.6 Å². The Balaban J connectivity index is 0.00000272. The summed E-state index contributed by atoms with van der Waals surface area (Å²) in [7, 11) is 0. The Hall–Kier alpha value is -2.57. The molecule has 31 heavy (non-hydrogen) atoms. The van der Waals surface area contributed by atoms with Crippen molar-refractivity contribution >= 4 is 35.3 Å². The molecule has 166 valence electrons. The second-order valence-electron chi connectivity index (χ2n) is 8.33. The van der Waals surface area contributed by atoms with Gasteiger partial charge < -0.3 is 20.4 Å². The molecule has 1 saturated heterocycles. The van der Waals surface area contributed by atoms with Crippen molar-refractivity contribution in [2.24, 2.45) is 0 Å². The summed E-state index contributed by atoms with van der Waals surface area (Å²) in [6.45, 7) is 9.95. The van der Waals surface area contributed by atoms with E-state index in [1.807, 2.05) is 19.2 Å². The Morgan fingerprint density at radius 3 is 2.61 bits per heavy atom. The highest BCUT2D eigenvalue weighted by Crippen LogP contribution is 2.26. The molecule has 0 bridgehead atoms. The number of anilines is 2. The lowest BCUT2D eigenvalue weighted by Crippen LogP contribution is -2.43. The molecule has 1 atom stereocenters. The average molecular weight is 442 g/mol. The summed E-state index contributed by atoms with van der Waals surface area (Å²) in [4.78, 5) is 17.5. The average Bonchev–Trinajstić information content (AvgIpc) is 3.02. The number of rotatable bonds is 5. The van der Waals surface area contributed by atoms with Crippen LogP contribution in [-0.4, -0.2) is 27.9 Å². The molecule has 7 heteroatoms. The van der Waals surface area contributed by atoms with Crippen LogP contribution in [0.1, 0.15) is 47.3 Å². The van der Waals surface area contributed by atoms with Crippen LogP contribution in [0.5, 0.6) is 0 Å². The van der Waals surface area contributed by atoms with Gasteiger partial charge in [-0.15, -0.1) is 12.4 Å². The van der Waals surface area contributed by atoms with Crippen LogP contribution in [0, 0.1) is 27.7 Å². The zero-order valence-corrected chi connectivity index (χ0v) is 19.5. The zero-order valence-electron chi connectivity index (χ0n) is 18.7. The third-order valence-corrected chi connectivity index (χ3v) is 6.19. The van der Waals surface area contributed by atoms with Crippen LogP contribution in [0.15, 0.2) is 30.5 Å². The second kappa shape index (κ2) is 9.71. The molecule has 0 radical (unpaired) electrons. The Kier molecular flexibility index (Phi) is 7.23. The molecular weight excluding hydrogens is 410 g/mol. The van der Waals surface area contributed by atoms with Crippen molar-refractivity contribution in [1.29, 1.82) is 0 Å². The molecule has 0 spiro atoms. The first-order valence-corrected chi connectivity index (χ1v) is 10.8. The van der Waals surface area contributed by atoms with Gasteiger partial charge in [0.2, 0.25) is 5.91 Å². The van der Waals surface area contributed by atoms with Gasteiger partial charge in [-0.25, -0.2) is 4.98 Å². The number of nitrogens with zero attached hydrogens (tertiary/aromatic N) is 2. The second-order valence-corrected chi connectivity index (χ2v) is 8.33. The third kappa shape index (κ3) is 4.86. The summed E-state index contributed by atoms with van der Waals surface area (Å²) in [5.74, 6) is 0.0317. The molecule has 1 fully saturated rings. The van der Waals surface area contributed by atoms with Gasteiger partial charge in [0.15, 0.2) is 5.65 Å². The first kappa shape index (κ1) is 23.1. The standard InChI is InChI=1S/C24H31N5O.ClH/c1-15-8-7-9-16(2)20(15)13-26-22-12-19(14-29-18(4)17(3)27-23(22)29)28-24(30)21-10-5-6-11-25-21;/h7-9,12,14,21,25-26H,5-6,10-11,13H2,1-4H3,(H,28,30);1H/t21-;/m0./s1. The molecule has 0 saturated carbocycles. The molecule has 1 aliphatic rings. The molecule has 3 N–H and O–H groups in total. The van der Waals surface area contributed by atoms with E-state index in [0.717, 1.165) is 54.2 Å². The van der Waals surface area contributed by atoms with Crippen molar-refractivity contribution in [2.45, 2.75) is 59.5 Å². The van der Waals surface area contributed by atoms with Gasteiger partial charge in [0.05, 0.1) is 23.1 Å². The normalized spacial score (nSPS) is 16.1. The van der Waals surface area contributed by atoms with Gasteiger partial charge in [0.25, 0.3) is 0 Å². The summed E-state index contributed by atoms with van der Waals surface area (Å²) < 4.78 is 2.06. The summed E-state index contributed by atoms with van der Waals surface area (Å²) >= 11 is 0. The largest absolute Gasteiger partial charge is 0.378 e. The van der Waals surface area contributed by atoms with E-state index in [4.69, 9.17) is 4.98 Å². The van der Waals surface area contributed by atoms with Crippen LogP contribution in [0.2, 0.25) is 0 Å². The Bertz CT molecular complexity index is 1070. The first-order valence-electron chi connectivity index (χ1n) is 10.8. The predicted molar refractivity (Wildman–Crippen MR) is 129 cm³/mol. The molecule has 3 aromatic rings. The van der Waals surface area contributed by atoms with Crippen molar-refractivity contribution in [3.8, 4) is 0 Å². The van der Waals surface area contributed by atoms with Crippen molar-refractivity contribution in [3.05, 3.63) is 58.5 Å². The summed E-state index contributed by atoms with van der Waals surface area (Å²) in [5, 5.41) is 10.00. The summed E-state index contributed by atoms with van der Waals surface area (Å²) in [6, 6.07) is 8.23. The first-order chi connectivity index (χ1) is 14.4. The number of piperidine rings is 1. The predicted octanol–water partition coefficient (Wildman–Crippen LogP) is 4.68. The monoisotopic (exact) mass is 441 g/mol. The molecule has 1 amide bonds. The minimum atomic E-state index is -0.119. The quantitative estimate of drug-likeness (QED) is 0.537. The van der Waals surface area contributed by atoms with Crippen LogP contribution in [0.3, 0.4) is 0 Å². The van der Waals surface area contributed by atoms with Crippen LogP contribution >= 0.6 is 12.4 Å². The van der Waals surface area contributed by atoms with E-state index in [0.29, 0.717) is 6.54 Å². The molecule has 1 aromatic carbocycles. The van der Waals surface area contributed by atoms with Crippen LogP contribution in [-0.2, 0) is 11.3 Å². The Morgan fingerprint density at radius 1 is 1.19 bits per heavy atom. The lowest BCUT2D eigenvalue weighted by Gasteiger charge is -2.22. The highest BCUT2D eigenvalue weighted by molar-refractivity contribution is 5.95. The smallest absolute Gasteiger partial charge is 0.241 e. The minimum Gasteiger partial charge on any atom is -0.378 e. The lowest BCUT2D eigenvalue weighted by atomic mass is 10.0. The number of hydrogen-bond acceptors (Lipinski definition) is 4. The molecule has 1 aliphatic heterocycles. The summed E-state index contributed by atoms with van der Waals surface area (Å²) in [6.07, 6.45) is 5.08. The van der Waals surface area contributed by atoms with Crippen LogP contribution in [0.4, 0.5) is 11.4 Å². The maximum Gasteiger partial charge on any atom is 0.241 e. The minimum absolute atomic E-state index is 0. The van der Waals surface area contributed by atoms with Crippen LogP contribution < -0.4 is 16.0 Å². The van der Waals surface area contributed by atoms with E-state index in [2.05, 4.69) is 59.3 Å². The Morgan fingerprint density at radius 2 is 1.94 bits per heavy atom. The SMILES string of the molecule is Cc1cccc(C)c1CNc1cc(NC(=O)[C@@H]2CCCCN2)cn2c(C)c(C)nc12.Cl. The number of aromatic nitrogens is 2. The van der Waals surface area contributed by atoms with Gasteiger partial charge in [0.1, 0.15) is 0 Å². The fourth-order valence-corrected chi connectivity index (χ4v) is 4.19. The number of amides is 1. The van der Waals surface area contributed by atoms with E-state index in [1.54, 1.807) is 0 Å². The number of benzene rings is 1. The van der Waals surface area contributed by atoms with Crippen molar-refractivity contribution in [2.75, 3.05) is 17.2 Å². The van der Waals surface area contributed by atoms with E-state index in [9.17, 15) is 4.79 Å². The van der Waals surface area contributed by atoms with E-state index in [-0.39, 0.29) is 24.4 Å². The van der Waals surface area contributed by atoms with Gasteiger partial charge >= 0.3 is 0 Å². The van der Waals surface area contributed by atoms with Crippen molar-refractivity contribution in [1.82, 2.24) is 14.7 Å². The number of carbonyl (C=O) groups excluding carboxylic acids is 1. The zero-order chi connectivity index (χ0) is 21.3. The van der Waals surface area contributed by atoms with Gasteiger partial charge in [-0.3, -0.25) is 4.79 Å². The highest BCUT2D eigenvalue weighted by Gasteiger charge is 2.21. The van der Waals surface area contributed by atoms with E-state index in [1.165, 1.54) is 16.7 Å². The van der Waals surface area contributed by atoms with Crippen molar-refractivity contribution in [3.63, 3.8) is 0 Å². The number of halogens is 1. The molecule has 3 heterocycles. The molecule has 2 aromatic heterocycles. The van der Waals surface area contributed by atoms with Crippen molar-refractivity contribution < 1.29 is 4.79 Å². The van der Waals surface area contributed by atoms with Gasteiger partial charge in [0, 0.05) is 18.4 Å². The number of nitrogens with one attached hydrogen (secondary N) is 3. The fourth-order valence-electron chi connectivity index (χ4n) is 4.19. The van der Waals surface area contributed by atoms with Crippen LogP contribution in [0.25, 0.3) is 5.65 Å². The molecule has 0 unspecified atom stereocenters. The highest BCUT2D eigenvalue weighted by atomic mass is 35.5. The lowest BCUT2D eigenvalue weighted by molar-refractivity contribution is -0.118. The number of imidazole rings is 1. The molecule has 0 aliphatic carbocycles. The van der Waals surface area contributed by atoms with Gasteiger partial charge in [-0.2, -0.15) is 0 Å². The maximum atomic E-state index is 12.8. The number of hydrogen-bond donors (Lipinski definition) is 3. The van der Waals surface area contributed by atoms with E-state index >= 15 is 0 Å². The van der Waals surface area contributed by atoms with Gasteiger partial charge in [-0.05, 0) is 69.8 Å². The van der Waals surface area contributed by atoms with E-state index < -0.39 is 0 Å². The molecule has 4 rings (SSSR count). The maximum absolute atomic E-state index is 12.8. The molecular formula is C24H32ClN5O.